The Balaban J connectivity index is 2.13. The summed E-state index contributed by atoms with van der Waals surface area (Å²) in [5.74, 6) is -1.30. The monoisotopic (exact) mass is 615 g/mol. The number of halogens is 5. The van der Waals surface area contributed by atoms with E-state index in [1.165, 1.54) is 36.2 Å². The molecule has 0 aromatic heterocycles. The number of hydrogen-bond acceptors (Lipinski definition) is 4. The van der Waals surface area contributed by atoms with Gasteiger partial charge in [0, 0.05) is 18.6 Å². The Morgan fingerprint density at radius 2 is 1.60 bits per heavy atom. The molecule has 0 heterocycles. The number of likely N-dealkylation sites (N-methyl/N-ethyl adjacent to an activating group) is 1. The molecule has 1 N–H and O–H groups in total. The van der Waals surface area contributed by atoms with Gasteiger partial charge >= 0.3 is 6.18 Å². The predicted molar refractivity (Wildman–Crippen MR) is 148 cm³/mol. The van der Waals surface area contributed by atoms with E-state index in [-0.39, 0.29) is 17.9 Å². The number of rotatable bonds is 10. The van der Waals surface area contributed by atoms with Crippen molar-refractivity contribution in [2.75, 3.05) is 17.9 Å². The Morgan fingerprint density at radius 1 is 0.975 bits per heavy atom. The van der Waals surface area contributed by atoms with Crippen molar-refractivity contribution in [3.05, 3.63) is 94.0 Å². The van der Waals surface area contributed by atoms with Crippen LogP contribution in [0.1, 0.15) is 24.5 Å². The first-order valence-corrected chi connectivity index (χ1v) is 14.2. The topological polar surface area (TPSA) is 86.8 Å². The summed E-state index contributed by atoms with van der Waals surface area (Å²) in [4.78, 5) is 27.5. The van der Waals surface area contributed by atoms with Crippen molar-refractivity contribution in [2.24, 2.45) is 0 Å². The lowest BCUT2D eigenvalue weighted by Crippen LogP contribution is -2.51. The molecular formula is C27H26Cl2F3N3O4S. The molecule has 3 rings (SSSR count). The molecular weight excluding hydrogens is 590 g/mol. The van der Waals surface area contributed by atoms with Crippen molar-refractivity contribution >= 4 is 50.7 Å². The van der Waals surface area contributed by atoms with E-state index in [9.17, 15) is 31.2 Å². The Bertz CT molecular complexity index is 1450. The molecule has 2 amide bonds. The van der Waals surface area contributed by atoms with Crippen LogP contribution in [0.15, 0.2) is 77.7 Å². The molecule has 1 atom stereocenters. The predicted octanol–water partition coefficient (Wildman–Crippen LogP) is 5.76. The van der Waals surface area contributed by atoms with Crippen molar-refractivity contribution in [3.8, 4) is 0 Å². The van der Waals surface area contributed by atoms with Crippen LogP contribution in [0, 0.1) is 0 Å². The van der Waals surface area contributed by atoms with Gasteiger partial charge in [-0.05, 0) is 54.4 Å². The van der Waals surface area contributed by atoms with Crippen LogP contribution >= 0.6 is 23.2 Å². The van der Waals surface area contributed by atoms with E-state index in [1.807, 2.05) is 0 Å². The summed E-state index contributed by atoms with van der Waals surface area (Å²) in [7, 11) is -3.14. The summed E-state index contributed by atoms with van der Waals surface area (Å²) in [6.07, 6.45) is -4.70. The zero-order valence-electron chi connectivity index (χ0n) is 21.5. The van der Waals surface area contributed by atoms with Gasteiger partial charge in [-0.1, -0.05) is 60.5 Å². The number of amides is 2. The summed E-state index contributed by atoms with van der Waals surface area (Å²) in [5, 5.41) is 2.31. The number of carbonyl (C=O) groups is 2. The highest BCUT2D eigenvalue weighted by atomic mass is 35.5. The van der Waals surface area contributed by atoms with Crippen molar-refractivity contribution in [1.82, 2.24) is 10.2 Å². The Labute approximate surface area is 240 Å². The van der Waals surface area contributed by atoms with Crippen LogP contribution in [-0.2, 0) is 32.3 Å². The summed E-state index contributed by atoms with van der Waals surface area (Å²) in [5.41, 5.74) is -1.08. The molecule has 214 valence electrons. The highest BCUT2D eigenvalue weighted by Crippen LogP contribution is 2.38. The number of benzene rings is 3. The summed E-state index contributed by atoms with van der Waals surface area (Å²) < 4.78 is 69.0. The zero-order chi connectivity index (χ0) is 29.7. The van der Waals surface area contributed by atoms with Crippen LogP contribution in [0.4, 0.5) is 18.9 Å². The number of alkyl halides is 3. The van der Waals surface area contributed by atoms with Gasteiger partial charge in [0.15, 0.2) is 0 Å². The standard InChI is InChI=1S/C27H26Cl2F3N3O4S/c1-3-24(26(37)33-2)34(16-18-9-11-19(28)12-10-18)25(36)17-35(40(38,39)21-7-5-4-6-8-21)20-13-14-23(29)22(15-20)27(30,31)32/h4-15,24H,3,16-17H2,1-2H3,(H,33,37)/t24-/m0/s1. The minimum absolute atomic E-state index is 0.0877. The lowest BCUT2D eigenvalue weighted by atomic mass is 10.1. The Morgan fingerprint density at radius 3 is 2.15 bits per heavy atom. The molecule has 0 radical (unpaired) electrons. The van der Waals surface area contributed by atoms with Crippen molar-refractivity contribution in [2.45, 2.75) is 37.0 Å². The SMILES string of the molecule is CC[C@@H](C(=O)NC)N(Cc1ccc(Cl)cc1)C(=O)CN(c1ccc(Cl)c(C(F)(F)F)c1)S(=O)(=O)c1ccccc1. The average Bonchev–Trinajstić information content (AvgIpc) is 2.92. The molecule has 3 aromatic rings. The van der Waals surface area contributed by atoms with Gasteiger partial charge in [-0.25, -0.2) is 8.42 Å². The maximum absolute atomic E-state index is 13.8. The van der Waals surface area contributed by atoms with Crippen LogP contribution < -0.4 is 9.62 Å². The Hall–Kier alpha value is -3.28. The first-order valence-electron chi connectivity index (χ1n) is 12.0. The smallest absolute Gasteiger partial charge is 0.357 e. The van der Waals surface area contributed by atoms with Crippen molar-refractivity contribution in [3.63, 3.8) is 0 Å². The van der Waals surface area contributed by atoms with Gasteiger partial charge in [0.1, 0.15) is 12.6 Å². The molecule has 0 spiro atoms. The fraction of sp³-hybridized carbons (Fsp3) is 0.259. The molecule has 0 aliphatic rings. The third-order valence-corrected chi connectivity index (χ3v) is 8.42. The van der Waals surface area contributed by atoms with Crippen LogP contribution in [-0.4, -0.2) is 44.8 Å². The molecule has 0 unspecified atom stereocenters. The second kappa shape index (κ2) is 12.9. The average molecular weight is 616 g/mol. The third kappa shape index (κ3) is 7.26. The molecule has 0 aliphatic heterocycles. The number of nitrogens with zero attached hydrogens (tertiary/aromatic N) is 2. The van der Waals surface area contributed by atoms with Crippen molar-refractivity contribution in [1.29, 1.82) is 0 Å². The maximum Gasteiger partial charge on any atom is 0.417 e. The summed E-state index contributed by atoms with van der Waals surface area (Å²) >= 11 is 11.7. The number of sulfonamides is 1. The van der Waals surface area contributed by atoms with E-state index in [0.717, 1.165) is 12.1 Å². The fourth-order valence-corrected chi connectivity index (χ4v) is 5.78. The minimum atomic E-state index is -4.88. The number of nitrogens with one attached hydrogen (secondary N) is 1. The van der Waals surface area contributed by atoms with Crippen LogP contribution in [0.5, 0.6) is 0 Å². The fourth-order valence-electron chi connectivity index (χ4n) is 4.01. The molecule has 0 bridgehead atoms. The molecule has 0 aliphatic carbocycles. The van der Waals surface area contributed by atoms with Crippen molar-refractivity contribution < 1.29 is 31.2 Å². The minimum Gasteiger partial charge on any atom is -0.357 e. The largest absolute Gasteiger partial charge is 0.417 e. The van der Waals surface area contributed by atoms with Crippen LogP contribution in [0.2, 0.25) is 10.0 Å². The molecule has 3 aromatic carbocycles. The highest BCUT2D eigenvalue weighted by Gasteiger charge is 2.37. The molecule has 13 heteroatoms. The molecule has 0 saturated heterocycles. The number of carbonyl (C=O) groups excluding carboxylic acids is 2. The van der Waals surface area contributed by atoms with Gasteiger partial charge < -0.3 is 10.2 Å². The summed E-state index contributed by atoms with van der Waals surface area (Å²) in [6.45, 7) is 0.697. The lowest BCUT2D eigenvalue weighted by Gasteiger charge is -2.33. The first-order chi connectivity index (χ1) is 18.8. The Kier molecular flexibility index (Phi) is 10.1. The van der Waals surface area contributed by atoms with E-state index in [1.54, 1.807) is 37.3 Å². The van der Waals surface area contributed by atoms with E-state index in [4.69, 9.17) is 23.2 Å². The second-order valence-electron chi connectivity index (χ2n) is 8.67. The molecule has 40 heavy (non-hydrogen) atoms. The van der Waals surface area contributed by atoms with Gasteiger partial charge in [0.25, 0.3) is 10.0 Å². The highest BCUT2D eigenvalue weighted by molar-refractivity contribution is 7.92. The normalized spacial score (nSPS) is 12.5. The van der Waals surface area contributed by atoms with E-state index < -0.39 is 56.9 Å². The van der Waals surface area contributed by atoms with Gasteiger partial charge in [-0.3, -0.25) is 13.9 Å². The second-order valence-corrected chi connectivity index (χ2v) is 11.4. The number of hydrogen-bond donors (Lipinski definition) is 1. The third-order valence-electron chi connectivity index (χ3n) is 6.05. The van der Waals surface area contributed by atoms with E-state index >= 15 is 0 Å². The molecule has 0 fully saturated rings. The first kappa shape index (κ1) is 31.3. The van der Waals surface area contributed by atoms with Gasteiger partial charge in [-0.2, -0.15) is 13.2 Å². The zero-order valence-corrected chi connectivity index (χ0v) is 23.8. The van der Waals surface area contributed by atoms with E-state index in [2.05, 4.69) is 5.32 Å². The number of anilines is 1. The van der Waals surface area contributed by atoms with Gasteiger partial charge in [0.05, 0.1) is 21.2 Å². The summed E-state index contributed by atoms with van der Waals surface area (Å²) in [6, 6.07) is 15.1. The molecule has 0 saturated carbocycles. The molecule has 7 nitrogen and oxygen atoms in total. The maximum atomic E-state index is 13.8. The lowest BCUT2D eigenvalue weighted by molar-refractivity contribution is -0.140. The van der Waals surface area contributed by atoms with Crippen LogP contribution in [0.25, 0.3) is 0 Å². The van der Waals surface area contributed by atoms with E-state index in [0.29, 0.717) is 21.0 Å². The van der Waals surface area contributed by atoms with Gasteiger partial charge in [0.2, 0.25) is 11.8 Å². The quantitative estimate of drug-likeness (QED) is 0.314. The van der Waals surface area contributed by atoms with Gasteiger partial charge in [-0.15, -0.1) is 0 Å². The van der Waals surface area contributed by atoms with Crippen LogP contribution in [0.3, 0.4) is 0 Å².